The summed E-state index contributed by atoms with van der Waals surface area (Å²) in [6.07, 6.45) is 5.68. The van der Waals surface area contributed by atoms with E-state index in [1.165, 1.54) is 21.0 Å². The smallest absolute Gasteiger partial charge is 0.302 e. The van der Waals surface area contributed by atoms with Crippen molar-refractivity contribution in [3.8, 4) is 0 Å². The van der Waals surface area contributed by atoms with Crippen LogP contribution in [0.1, 0.15) is 99.8 Å². The number of hydrogen-bond donors (Lipinski definition) is 0. The van der Waals surface area contributed by atoms with E-state index >= 15 is 8.78 Å². The molecular weight excluding hydrogens is 518 g/mol. The van der Waals surface area contributed by atoms with Crippen LogP contribution in [0.2, 0.25) is 0 Å². The highest BCUT2D eigenvalue weighted by Gasteiger charge is 2.64. The Morgan fingerprint density at radius 3 is 2.10 bits per heavy atom. The zero-order chi connectivity index (χ0) is 29.6. The molecule has 0 aliphatic heterocycles. The number of rotatable bonds is 9. The third kappa shape index (κ3) is 5.57. The Morgan fingerprint density at radius 2 is 1.50 bits per heavy atom. The van der Waals surface area contributed by atoms with E-state index in [1.807, 2.05) is 6.92 Å². The lowest BCUT2D eigenvalue weighted by molar-refractivity contribution is -0.224. The highest BCUT2D eigenvalue weighted by Crippen LogP contribution is 2.69. The summed E-state index contributed by atoms with van der Waals surface area (Å²) >= 11 is 0. The summed E-state index contributed by atoms with van der Waals surface area (Å²) in [6.45, 7) is 12.6. The van der Waals surface area contributed by atoms with Crippen molar-refractivity contribution in [2.24, 2.45) is 52.3 Å². The third-order valence-corrected chi connectivity index (χ3v) is 12.0. The number of esters is 2. The second-order valence-corrected chi connectivity index (χ2v) is 14.3. The molecule has 0 N–H and O–H groups in total. The monoisotopic (exact) mass is 570 g/mol. The van der Waals surface area contributed by atoms with Crippen molar-refractivity contribution in [3.63, 3.8) is 0 Å². The molecule has 4 aliphatic rings. The van der Waals surface area contributed by atoms with Crippen molar-refractivity contribution < 1.29 is 37.3 Å². The van der Waals surface area contributed by atoms with Gasteiger partial charge in [0.15, 0.2) is 0 Å². The Balaban J connectivity index is 1.61. The van der Waals surface area contributed by atoms with E-state index in [-0.39, 0.29) is 59.5 Å². The first-order chi connectivity index (χ1) is 18.7. The molecule has 4 rings (SSSR count). The topological polar surface area (TPSA) is 71.1 Å². The predicted molar refractivity (Wildman–Crippen MR) is 147 cm³/mol. The van der Waals surface area contributed by atoms with Crippen molar-refractivity contribution in [2.45, 2.75) is 124 Å². The number of fused-ring (bicyclic) bond motifs is 5. The van der Waals surface area contributed by atoms with Gasteiger partial charge in [0, 0.05) is 32.8 Å². The summed E-state index contributed by atoms with van der Waals surface area (Å²) in [5, 5.41) is 0. The number of hydrogen-bond acceptors (Lipinski definition) is 6. The maximum atomic E-state index is 15.5. The summed E-state index contributed by atoms with van der Waals surface area (Å²) in [6, 6.07) is 0. The van der Waals surface area contributed by atoms with Crippen LogP contribution in [-0.4, -0.2) is 50.1 Å². The molecule has 8 heteroatoms. The van der Waals surface area contributed by atoms with E-state index in [1.54, 1.807) is 13.8 Å². The Kier molecular flexibility index (Phi) is 9.32. The molecule has 0 unspecified atom stereocenters. The second-order valence-electron chi connectivity index (χ2n) is 14.3. The Labute approximate surface area is 239 Å². The van der Waals surface area contributed by atoms with E-state index in [9.17, 15) is 9.59 Å². The Bertz CT molecular complexity index is 925. The van der Waals surface area contributed by atoms with Crippen molar-refractivity contribution in [2.75, 3.05) is 13.9 Å². The second kappa shape index (κ2) is 11.8. The lowest BCUT2D eigenvalue weighted by Gasteiger charge is -2.62. The summed E-state index contributed by atoms with van der Waals surface area (Å²) < 4.78 is 53.5. The summed E-state index contributed by atoms with van der Waals surface area (Å²) in [5.41, 5.74) is -0.0965. The highest BCUT2D eigenvalue weighted by atomic mass is 19.3. The van der Waals surface area contributed by atoms with Gasteiger partial charge >= 0.3 is 11.9 Å². The first-order valence-electron chi connectivity index (χ1n) is 15.5. The van der Waals surface area contributed by atoms with Crippen molar-refractivity contribution in [1.29, 1.82) is 0 Å². The molecular formula is C32H52F2O6. The first-order valence-corrected chi connectivity index (χ1v) is 15.5. The number of ether oxygens (including phenoxy) is 4. The molecule has 40 heavy (non-hydrogen) atoms. The number of halogens is 2. The van der Waals surface area contributed by atoms with E-state index in [0.29, 0.717) is 17.8 Å². The average molecular weight is 571 g/mol. The summed E-state index contributed by atoms with van der Waals surface area (Å²) in [5.74, 6) is -3.16. The molecule has 0 radical (unpaired) electrons. The fourth-order valence-corrected chi connectivity index (χ4v) is 10.1. The van der Waals surface area contributed by atoms with Crippen LogP contribution in [0.15, 0.2) is 0 Å². The van der Waals surface area contributed by atoms with Gasteiger partial charge in [0.1, 0.15) is 25.1 Å². The van der Waals surface area contributed by atoms with Gasteiger partial charge in [-0.15, -0.1) is 0 Å². The molecule has 0 bridgehead atoms. The quantitative estimate of drug-likeness (QED) is 0.219. The lowest BCUT2D eigenvalue weighted by atomic mass is 9.43. The molecule has 230 valence electrons. The minimum atomic E-state index is -2.96. The van der Waals surface area contributed by atoms with Gasteiger partial charge in [-0.1, -0.05) is 34.6 Å². The van der Waals surface area contributed by atoms with Gasteiger partial charge in [-0.3, -0.25) is 9.59 Å². The van der Waals surface area contributed by atoms with Gasteiger partial charge < -0.3 is 18.9 Å². The number of methoxy groups -OCH3 is 1. The number of carbonyl (C=O) groups is 2. The highest BCUT2D eigenvalue weighted by molar-refractivity contribution is 5.66. The van der Waals surface area contributed by atoms with Crippen LogP contribution in [0.25, 0.3) is 0 Å². The molecule has 0 spiro atoms. The predicted octanol–water partition coefficient (Wildman–Crippen LogP) is 7.04. The first kappa shape index (κ1) is 31.7. The number of alkyl halides is 2. The van der Waals surface area contributed by atoms with Gasteiger partial charge in [0.05, 0.1) is 0 Å². The van der Waals surface area contributed by atoms with Gasteiger partial charge in [0.2, 0.25) is 0 Å². The van der Waals surface area contributed by atoms with Crippen LogP contribution in [0.4, 0.5) is 8.78 Å². The average Bonchev–Trinajstić information content (AvgIpc) is 3.21. The van der Waals surface area contributed by atoms with Gasteiger partial charge in [0.25, 0.3) is 5.92 Å². The minimum Gasteiger partial charge on any atom is -0.463 e. The van der Waals surface area contributed by atoms with Crippen LogP contribution in [0, 0.1) is 52.3 Å². The number of carbonyl (C=O) groups excluding carboxylic acids is 2. The largest absolute Gasteiger partial charge is 0.463 e. The molecule has 0 aromatic carbocycles. The van der Waals surface area contributed by atoms with Crippen molar-refractivity contribution >= 4 is 11.9 Å². The van der Waals surface area contributed by atoms with E-state index in [0.717, 1.165) is 51.4 Å². The van der Waals surface area contributed by atoms with Gasteiger partial charge in [-0.25, -0.2) is 8.78 Å². The molecule has 4 fully saturated rings. The fourth-order valence-electron chi connectivity index (χ4n) is 10.1. The zero-order valence-electron chi connectivity index (χ0n) is 25.8. The molecule has 0 heterocycles. The summed E-state index contributed by atoms with van der Waals surface area (Å²) in [4.78, 5) is 24.0. The van der Waals surface area contributed by atoms with Gasteiger partial charge in [-0.05, 0) is 91.8 Å². The van der Waals surface area contributed by atoms with Gasteiger partial charge in [-0.2, -0.15) is 0 Å². The lowest BCUT2D eigenvalue weighted by Crippen LogP contribution is -2.59. The molecule has 0 saturated heterocycles. The maximum absolute atomic E-state index is 15.5. The Morgan fingerprint density at radius 1 is 0.875 bits per heavy atom. The van der Waals surface area contributed by atoms with Crippen LogP contribution in [0.3, 0.4) is 0 Å². The SMILES string of the molecule is COCO[C@H]([C@@H](C)[C@H]1CC[C@H]2[C@@H]3C[C@H](OC(C)=O)[C@@H]4C[C@H](OC(C)=O)CC[C@]4(C)[C@H]3CC[C@]12C)C(F)(F)C(C)C. The minimum absolute atomic E-state index is 0.0144. The molecule has 4 aliphatic carbocycles. The molecule has 0 aromatic rings. The molecule has 6 nitrogen and oxygen atoms in total. The van der Waals surface area contributed by atoms with Crippen LogP contribution in [0.5, 0.6) is 0 Å². The van der Waals surface area contributed by atoms with Crippen LogP contribution >= 0.6 is 0 Å². The Hall–Kier alpha value is -1.28. The van der Waals surface area contributed by atoms with E-state index in [2.05, 4.69) is 13.8 Å². The van der Waals surface area contributed by atoms with Crippen LogP contribution in [-0.2, 0) is 28.5 Å². The van der Waals surface area contributed by atoms with Crippen LogP contribution < -0.4 is 0 Å². The third-order valence-electron chi connectivity index (χ3n) is 12.0. The molecule has 4 saturated carbocycles. The standard InChI is InChI=1S/C32H52F2O6/c1-18(2)32(33,34)29(38-17-37-8)19(3)24-9-10-25-23-16-28(40-21(5)36)27-15-22(39-20(4)35)11-13-31(27,7)26(23)12-14-30(24,25)6/h18-19,22-29H,9-17H2,1-8H3/t19-,22+,23-,24+,25-,26-,27-,28-,29+,30+,31+/m0/s1. The molecule has 0 aromatic heterocycles. The summed E-state index contributed by atoms with van der Waals surface area (Å²) in [7, 11) is 1.47. The zero-order valence-corrected chi connectivity index (χ0v) is 25.8. The fraction of sp³-hybridized carbons (Fsp3) is 0.938. The molecule has 0 amide bonds. The maximum Gasteiger partial charge on any atom is 0.302 e. The normalized spacial score (nSPS) is 40.9. The van der Waals surface area contributed by atoms with E-state index < -0.39 is 17.9 Å². The van der Waals surface area contributed by atoms with Crippen molar-refractivity contribution in [3.05, 3.63) is 0 Å². The van der Waals surface area contributed by atoms with E-state index in [4.69, 9.17) is 18.9 Å². The van der Waals surface area contributed by atoms with Crippen molar-refractivity contribution in [1.82, 2.24) is 0 Å². The molecule has 11 atom stereocenters.